The molecule has 3 aromatic rings. The van der Waals surface area contributed by atoms with Crippen molar-refractivity contribution in [3.63, 3.8) is 0 Å². The summed E-state index contributed by atoms with van der Waals surface area (Å²) in [7, 11) is 0. The first-order chi connectivity index (χ1) is 13.9. The summed E-state index contributed by atoms with van der Waals surface area (Å²) in [6.07, 6.45) is 8.10. The number of aliphatic carboxylic acids is 1. The molecule has 0 aromatic carbocycles. The number of carbonyl (C=O) groups is 1. The SMILES string of the molecule is C[C@H](C(=O)O)n1ccn2cc(-c3nc(NC4CCOCC4)ncc3Cl)cc2c1=O. The average molecular weight is 418 g/mol. The van der Waals surface area contributed by atoms with Crippen molar-refractivity contribution in [3.05, 3.63) is 46.2 Å². The first-order valence-electron chi connectivity index (χ1n) is 9.27. The lowest BCUT2D eigenvalue weighted by Crippen LogP contribution is -2.28. The number of aromatic nitrogens is 4. The molecule has 10 heteroatoms. The van der Waals surface area contributed by atoms with Crippen LogP contribution in [0.4, 0.5) is 5.95 Å². The summed E-state index contributed by atoms with van der Waals surface area (Å²) in [5.41, 5.74) is 1.08. The molecule has 0 spiro atoms. The van der Waals surface area contributed by atoms with Gasteiger partial charge >= 0.3 is 5.97 Å². The Morgan fingerprint density at radius 1 is 1.38 bits per heavy atom. The second kappa shape index (κ2) is 7.84. The fraction of sp³-hybridized carbons (Fsp3) is 0.368. The number of rotatable bonds is 5. The highest BCUT2D eigenvalue weighted by molar-refractivity contribution is 6.32. The summed E-state index contributed by atoms with van der Waals surface area (Å²) in [6.45, 7) is 2.85. The normalized spacial score (nSPS) is 16.1. The van der Waals surface area contributed by atoms with Gasteiger partial charge in [0.15, 0.2) is 0 Å². The smallest absolute Gasteiger partial charge is 0.326 e. The quantitative estimate of drug-likeness (QED) is 0.655. The van der Waals surface area contributed by atoms with Gasteiger partial charge in [0.2, 0.25) is 5.95 Å². The predicted octanol–water partition coefficient (Wildman–Crippen LogP) is 2.45. The van der Waals surface area contributed by atoms with Gasteiger partial charge in [0.1, 0.15) is 11.6 Å². The first kappa shape index (κ1) is 19.4. The van der Waals surface area contributed by atoms with Crippen LogP contribution >= 0.6 is 11.6 Å². The highest BCUT2D eigenvalue weighted by Gasteiger charge is 2.19. The summed E-state index contributed by atoms with van der Waals surface area (Å²) in [4.78, 5) is 32.8. The molecular weight excluding hydrogens is 398 g/mol. The van der Waals surface area contributed by atoms with Crippen molar-refractivity contribution in [3.8, 4) is 11.3 Å². The number of anilines is 1. The van der Waals surface area contributed by atoms with E-state index >= 15 is 0 Å². The third kappa shape index (κ3) is 3.83. The molecule has 0 radical (unpaired) electrons. The Bertz CT molecular complexity index is 1120. The van der Waals surface area contributed by atoms with Crippen molar-refractivity contribution in [2.75, 3.05) is 18.5 Å². The highest BCUT2D eigenvalue weighted by Crippen LogP contribution is 2.28. The predicted molar refractivity (Wildman–Crippen MR) is 108 cm³/mol. The zero-order chi connectivity index (χ0) is 20.5. The van der Waals surface area contributed by atoms with Crippen LogP contribution in [0.2, 0.25) is 5.02 Å². The lowest BCUT2D eigenvalue weighted by atomic mass is 10.1. The minimum absolute atomic E-state index is 0.232. The third-order valence-electron chi connectivity index (χ3n) is 5.04. The number of fused-ring (bicyclic) bond motifs is 1. The van der Waals surface area contributed by atoms with Crippen LogP contribution in [0.3, 0.4) is 0 Å². The van der Waals surface area contributed by atoms with Crippen LogP contribution in [-0.4, -0.2) is 49.3 Å². The van der Waals surface area contributed by atoms with Crippen molar-refractivity contribution in [2.24, 2.45) is 0 Å². The van der Waals surface area contributed by atoms with Gasteiger partial charge in [-0.3, -0.25) is 9.36 Å². The monoisotopic (exact) mass is 417 g/mol. The molecule has 0 bridgehead atoms. The van der Waals surface area contributed by atoms with E-state index < -0.39 is 17.6 Å². The molecule has 1 saturated heterocycles. The Labute approximate surface area is 170 Å². The Hall–Kier alpha value is -2.91. The van der Waals surface area contributed by atoms with E-state index in [2.05, 4.69) is 15.3 Å². The van der Waals surface area contributed by atoms with Crippen LogP contribution in [0.1, 0.15) is 25.8 Å². The van der Waals surface area contributed by atoms with Gasteiger partial charge in [-0.15, -0.1) is 0 Å². The van der Waals surface area contributed by atoms with Crippen LogP contribution in [0.5, 0.6) is 0 Å². The number of hydrogen-bond donors (Lipinski definition) is 2. The van der Waals surface area contributed by atoms with E-state index in [-0.39, 0.29) is 6.04 Å². The molecule has 9 nitrogen and oxygen atoms in total. The number of carboxylic acids is 1. The van der Waals surface area contributed by atoms with E-state index in [4.69, 9.17) is 16.3 Å². The zero-order valence-electron chi connectivity index (χ0n) is 15.7. The second-order valence-electron chi connectivity index (χ2n) is 6.97. The topological polar surface area (TPSA) is 111 Å². The van der Waals surface area contributed by atoms with Gasteiger partial charge in [0, 0.05) is 43.4 Å². The number of nitrogens with zero attached hydrogens (tertiary/aromatic N) is 4. The van der Waals surface area contributed by atoms with E-state index in [9.17, 15) is 14.7 Å². The molecule has 4 rings (SSSR count). The standard InChI is InChI=1S/C19H20ClN5O4/c1-11(18(27)28)25-5-4-24-10-12(8-15(24)17(25)26)16-14(20)9-21-19(23-16)22-13-2-6-29-7-3-13/h4-5,8-11,13H,2-3,6-7H2,1H3,(H,27,28)(H,21,22,23)/t11-/m1/s1. The zero-order valence-corrected chi connectivity index (χ0v) is 16.5. The summed E-state index contributed by atoms with van der Waals surface area (Å²) in [5, 5.41) is 12.9. The molecule has 3 aromatic heterocycles. The van der Waals surface area contributed by atoms with Gasteiger partial charge in [-0.05, 0) is 25.8 Å². The largest absolute Gasteiger partial charge is 0.480 e. The van der Waals surface area contributed by atoms with Crippen LogP contribution in [0.15, 0.2) is 35.6 Å². The molecule has 1 aliphatic rings. The van der Waals surface area contributed by atoms with Crippen LogP contribution < -0.4 is 10.9 Å². The average Bonchev–Trinajstić information content (AvgIpc) is 3.15. The molecule has 0 amide bonds. The Kier molecular flexibility index (Phi) is 5.25. The third-order valence-corrected chi connectivity index (χ3v) is 5.31. The maximum Gasteiger partial charge on any atom is 0.326 e. The summed E-state index contributed by atoms with van der Waals surface area (Å²) < 4.78 is 8.18. The van der Waals surface area contributed by atoms with Gasteiger partial charge < -0.3 is 19.6 Å². The lowest BCUT2D eigenvalue weighted by molar-refractivity contribution is -0.140. The van der Waals surface area contributed by atoms with Crippen LogP contribution in [-0.2, 0) is 9.53 Å². The van der Waals surface area contributed by atoms with Gasteiger partial charge in [-0.1, -0.05) is 11.6 Å². The van der Waals surface area contributed by atoms with Gasteiger partial charge in [-0.2, -0.15) is 0 Å². The number of carboxylic acid groups (broad SMARTS) is 1. The van der Waals surface area contributed by atoms with E-state index in [0.717, 1.165) is 12.8 Å². The molecule has 4 heterocycles. The Morgan fingerprint density at radius 3 is 2.86 bits per heavy atom. The van der Waals surface area contributed by atoms with Crippen LogP contribution in [0.25, 0.3) is 16.8 Å². The molecule has 152 valence electrons. The van der Waals surface area contributed by atoms with E-state index in [0.29, 0.717) is 41.0 Å². The van der Waals surface area contributed by atoms with Crippen molar-refractivity contribution < 1.29 is 14.6 Å². The second-order valence-corrected chi connectivity index (χ2v) is 7.37. The molecule has 29 heavy (non-hydrogen) atoms. The molecule has 1 fully saturated rings. The molecule has 2 N–H and O–H groups in total. The number of halogens is 1. The van der Waals surface area contributed by atoms with Crippen molar-refractivity contribution in [1.29, 1.82) is 0 Å². The number of hydrogen-bond acceptors (Lipinski definition) is 6. The first-order valence-corrected chi connectivity index (χ1v) is 9.64. The van der Waals surface area contributed by atoms with Gasteiger partial charge in [-0.25, -0.2) is 14.8 Å². The minimum Gasteiger partial charge on any atom is -0.480 e. The maximum absolute atomic E-state index is 12.7. The molecule has 0 aliphatic carbocycles. The van der Waals surface area contributed by atoms with Gasteiger partial charge in [0.05, 0.1) is 16.9 Å². The van der Waals surface area contributed by atoms with Gasteiger partial charge in [0.25, 0.3) is 5.56 Å². The minimum atomic E-state index is -1.08. The lowest BCUT2D eigenvalue weighted by Gasteiger charge is -2.23. The number of nitrogens with one attached hydrogen (secondary N) is 1. The fourth-order valence-corrected chi connectivity index (χ4v) is 3.53. The van der Waals surface area contributed by atoms with E-state index in [1.807, 2.05) is 0 Å². The highest BCUT2D eigenvalue weighted by atomic mass is 35.5. The van der Waals surface area contributed by atoms with E-state index in [1.165, 1.54) is 23.9 Å². The molecule has 1 aliphatic heterocycles. The fourth-order valence-electron chi connectivity index (χ4n) is 3.33. The summed E-state index contributed by atoms with van der Waals surface area (Å²) in [6, 6.07) is 0.916. The Balaban J connectivity index is 1.70. The molecule has 0 saturated carbocycles. The molecule has 1 atom stereocenters. The van der Waals surface area contributed by atoms with Crippen molar-refractivity contribution in [1.82, 2.24) is 18.9 Å². The van der Waals surface area contributed by atoms with Crippen molar-refractivity contribution in [2.45, 2.75) is 31.8 Å². The van der Waals surface area contributed by atoms with Crippen LogP contribution in [0, 0.1) is 0 Å². The summed E-state index contributed by atoms with van der Waals surface area (Å²) >= 11 is 6.32. The number of ether oxygens (including phenoxy) is 1. The molecule has 0 unspecified atom stereocenters. The van der Waals surface area contributed by atoms with E-state index in [1.54, 1.807) is 22.9 Å². The maximum atomic E-state index is 12.7. The summed E-state index contributed by atoms with van der Waals surface area (Å²) in [5.74, 6) is -0.616. The Morgan fingerprint density at radius 2 is 2.14 bits per heavy atom. The molecular formula is C19H20ClN5O4. The van der Waals surface area contributed by atoms with Crippen molar-refractivity contribution >= 4 is 29.0 Å².